The molecule has 0 bridgehead atoms. The van der Waals surface area contributed by atoms with Gasteiger partial charge in [-0.05, 0) is 57.9 Å². The topological polar surface area (TPSA) is 21.3 Å². The van der Waals surface area contributed by atoms with E-state index in [0.29, 0.717) is 6.04 Å². The molecular formula is C16H26ClNO. The maximum Gasteiger partial charge on any atom is 0.0629 e. The van der Waals surface area contributed by atoms with Gasteiger partial charge in [-0.25, -0.2) is 0 Å². The molecule has 3 heteroatoms. The Balaban J connectivity index is 2.58. The Kier molecular flexibility index (Phi) is 6.84. The van der Waals surface area contributed by atoms with Gasteiger partial charge in [0.15, 0.2) is 0 Å². The minimum absolute atomic E-state index is 0.0967. The maximum absolute atomic E-state index is 6.03. The van der Waals surface area contributed by atoms with Gasteiger partial charge in [-0.3, -0.25) is 0 Å². The van der Waals surface area contributed by atoms with Crippen molar-refractivity contribution in [2.75, 3.05) is 13.2 Å². The Morgan fingerprint density at radius 1 is 1.32 bits per heavy atom. The molecule has 108 valence electrons. The van der Waals surface area contributed by atoms with Crippen molar-refractivity contribution in [1.29, 1.82) is 0 Å². The summed E-state index contributed by atoms with van der Waals surface area (Å²) >= 11 is 6.03. The summed E-state index contributed by atoms with van der Waals surface area (Å²) in [6.45, 7) is 10.2. The summed E-state index contributed by atoms with van der Waals surface area (Å²) in [5.74, 6) is 0. The standard InChI is InChI=1S/C16H26ClNO/c1-5-9-18-15(12-19-16(2,3)4)11-13-7-6-8-14(17)10-13/h6-8,10,15,18H,5,9,11-12H2,1-4H3. The van der Waals surface area contributed by atoms with Crippen molar-refractivity contribution in [1.82, 2.24) is 5.32 Å². The zero-order valence-corrected chi connectivity index (χ0v) is 13.3. The van der Waals surface area contributed by atoms with Crippen LogP contribution in [0.15, 0.2) is 24.3 Å². The van der Waals surface area contributed by atoms with Gasteiger partial charge in [0.2, 0.25) is 0 Å². The lowest BCUT2D eigenvalue weighted by atomic mass is 10.1. The van der Waals surface area contributed by atoms with Gasteiger partial charge in [-0.2, -0.15) is 0 Å². The van der Waals surface area contributed by atoms with Crippen molar-refractivity contribution in [3.05, 3.63) is 34.9 Å². The van der Waals surface area contributed by atoms with E-state index in [9.17, 15) is 0 Å². The summed E-state index contributed by atoms with van der Waals surface area (Å²) in [4.78, 5) is 0. The number of nitrogens with one attached hydrogen (secondary N) is 1. The van der Waals surface area contributed by atoms with Crippen LogP contribution in [0.1, 0.15) is 39.7 Å². The fourth-order valence-electron chi connectivity index (χ4n) is 1.84. The van der Waals surface area contributed by atoms with Crippen LogP contribution in [0.25, 0.3) is 0 Å². The van der Waals surface area contributed by atoms with E-state index in [0.717, 1.165) is 31.0 Å². The molecule has 1 aromatic rings. The van der Waals surface area contributed by atoms with Crippen LogP contribution in [0.5, 0.6) is 0 Å². The Hall–Kier alpha value is -0.570. The minimum Gasteiger partial charge on any atom is -0.374 e. The largest absolute Gasteiger partial charge is 0.374 e. The molecule has 1 unspecified atom stereocenters. The first-order valence-electron chi connectivity index (χ1n) is 7.02. The van der Waals surface area contributed by atoms with Crippen LogP contribution in [-0.2, 0) is 11.2 Å². The van der Waals surface area contributed by atoms with E-state index in [1.807, 2.05) is 18.2 Å². The van der Waals surface area contributed by atoms with Crippen LogP contribution in [-0.4, -0.2) is 24.8 Å². The SMILES string of the molecule is CCCNC(COC(C)(C)C)Cc1cccc(Cl)c1. The predicted octanol–water partition coefficient (Wildman–Crippen LogP) is 4.07. The summed E-state index contributed by atoms with van der Waals surface area (Å²) in [6.07, 6.45) is 2.07. The maximum atomic E-state index is 6.03. The zero-order valence-electron chi connectivity index (χ0n) is 12.5. The van der Waals surface area contributed by atoms with Gasteiger partial charge < -0.3 is 10.1 Å². The lowest BCUT2D eigenvalue weighted by Crippen LogP contribution is -2.38. The first-order chi connectivity index (χ1) is 8.90. The van der Waals surface area contributed by atoms with E-state index in [-0.39, 0.29) is 5.60 Å². The van der Waals surface area contributed by atoms with Crippen LogP contribution >= 0.6 is 11.6 Å². The highest BCUT2D eigenvalue weighted by atomic mass is 35.5. The monoisotopic (exact) mass is 283 g/mol. The second-order valence-corrected chi connectivity index (χ2v) is 6.34. The van der Waals surface area contributed by atoms with E-state index >= 15 is 0 Å². The van der Waals surface area contributed by atoms with Crippen molar-refractivity contribution in [2.45, 2.75) is 52.2 Å². The molecular weight excluding hydrogens is 258 g/mol. The van der Waals surface area contributed by atoms with Crippen molar-refractivity contribution >= 4 is 11.6 Å². The fourth-order valence-corrected chi connectivity index (χ4v) is 2.05. The van der Waals surface area contributed by atoms with Gasteiger partial charge in [0.25, 0.3) is 0 Å². The highest BCUT2D eigenvalue weighted by Crippen LogP contribution is 2.14. The van der Waals surface area contributed by atoms with Crippen LogP contribution < -0.4 is 5.32 Å². The van der Waals surface area contributed by atoms with Gasteiger partial charge in [-0.1, -0.05) is 30.7 Å². The summed E-state index contributed by atoms with van der Waals surface area (Å²) in [5.41, 5.74) is 1.15. The second kappa shape index (κ2) is 7.88. The van der Waals surface area contributed by atoms with Gasteiger partial charge in [0.1, 0.15) is 0 Å². The summed E-state index contributed by atoms with van der Waals surface area (Å²) < 4.78 is 5.90. The molecule has 0 fully saturated rings. The predicted molar refractivity (Wildman–Crippen MR) is 82.9 cm³/mol. The molecule has 1 rings (SSSR count). The summed E-state index contributed by atoms with van der Waals surface area (Å²) in [6, 6.07) is 8.38. The third-order valence-corrected chi connectivity index (χ3v) is 3.01. The van der Waals surface area contributed by atoms with E-state index in [1.54, 1.807) is 0 Å². The van der Waals surface area contributed by atoms with Gasteiger partial charge in [0, 0.05) is 11.1 Å². The van der Waals surface area contributed by atoms with Gasteiger partial charge in [0.05, 0.1) is 12.2 Å². The third kappa shape index (κ3) is 7.56. The van der Waals surface area contributed by atoms with E-state index in [4.69, 9.17) is 16.3 Å². The lowest BCUT2D eigenvalue weighted by Gasteiger charge is -2.25. The molecule has 0 aliphatic heterocycles. The molecule has 1 atom stereocenters. The number of hydrogen-bond donors (Lipinski definition) is 1. The number of halogens is 1. The van der Waals surface area contributed by atoms with E-state index in [1.165, 1.54) is 5.56 Å². The van der Waals surface area contributed by atoms with Crippen molar-refractivity contribution in [3.63, 3.8) is 0 Å². The smallest absolute Gasteiger partial charge is 0.0629 e. The van der Waals surface area contributed by atoms with Crippen molar-refractivity contribution in [3.8, 4) is 0 Å². The van der Waals surface area contributed by atoms with Crippen molar-refractivity contribution < 1.29 is 4.74 Å². The molecule has 0 aromatic heterocycles. The quantitative estimate of drug-likeness (QED) is 0.815. The molecule has 0 aliphatic carbocycles. The van der Waals surface area contributed by atoms with Gasteiger partial charge >= 0.3 is 0 Å². The number of ether oxygens (including phenoxy) is 1. The first kappa shape index (κ1) is 16.5. The summed E-state index contributed by atoms with van der Waals surface area (Å²) in [7, 11) is 0. The van der Waals surface area contributed by atoms with E-state index < -0.39 is 0 Å². The number of rotatable bonds is 7. The number of benzene rings is 1. The molecule has 0 radical (unpaired) electrons. The fraction of sp³-hybridized carbons (Fsp3) is 0.625. The molecule has 19 heavy (non-hydrogen) atoms. The number of hydrogen-bond acceptors (Lipinski definition) is 2. The van der Waals surface area contributed by atoms with Crippen LogP contribution in [0.3, 0.4) is 0 Å². The molecule has 0 amide bonds. The molecule has 0 saturated carbocycles. The Labute approximate surface area is 122 Å². The van der Waals surface area contributed by atoms with Gasteiger partial charge in [-0.15, -0.1) is 0 Å². The molecule has 0 spiro atoms. The third-order valence-electron chi connectivity index (χ3n) is 2.77. The molecule has 1 aromatic carbocycles. The van der Waals surface area contributed by atoms with Crippen LogP contribution in [0.4, 0.5) is 0 Å². The molecule has 0 saturated heterocycles. The Bertz CT molecular complexity index is 373. The Morgan fingerprint density at radius 3 is 2.63 bits per heavy atom. The average molecular weight is 284 g/mol. The van der Waals surface area contributed by atoms with E-state index in [2.05, 4.69) is 39.1 Å². The van der Waals surface area contributed by atoms with Crippen molar-refractivity contribution in [2.24, 2.45) is 0 Å². The summed E-state index contributed by atoms with van der Waals surface area (Å²) in [5, 5.41) is 4.34. The normalized spacial score (nSPS) is 13.5. The Morgan fingerprint density at radius 2 is 2.05 bits per heavy atom. The molecule has 0 aliphatic rings. The van der Waals surface area contributed by atoms with Crippen LogP contribution in [0.2, 0.25) is 5.02 Å². The minimum atomic E-state index is -0.0967. The molecule has 0 heterocycles. The highest BCUT2D eigenvalue weighted by molar-refractivity contribution is 6.30. The first-order valence-corrected chi connectivity index (χ1v) is 7.40. The zero-order chi connectivity index (χ0) is 14.3. The molecule has 2 nitrogen and oxygen atoms in total. The molecule has 1 N–H and O–H groups in total. The lowest BCUT2D eigenvalue weighted by molar-refractivity contribution is -0.0143. The average Bonchev–Trinajstić information content (AvgIpc) is 2.31. The second-order valence-electron chi connectivity index (χ2n) is 5.91. The highest BCUT2D eigenvalue weighted by Gasteiger charge is 2.15. The van der Waals surface area contributed by atoms with Crippen LogP contribution in [0, 0.1) is 0 Å².